The second-order valence-electron chi connectivity index (χ2n) is 5.18. The molecule has 1 aromatic carbocycles. The van der Waals surface area contributed by atoms with Gasteiger partial charge in [-0.15, -0.1) is 0 Å². The van der Waals surface area contributed by atoms with Gasteiger partial charge in [-0.3, -0.25) is 4.68 Å². The molecule has 0 bridgehead atoms. The molecule has 0 spiro atoms. The number of nitrogens with zero attached hydrogens (tertiary/aromatic N) is 2. The van der Waals surface area contributed by atoms with Crippen molar-refractivity contribution in [2.45, 2.75) is 39.3 Å². The van der Waals surface area contributed by atoms with Gasteiger partial charge in [0, 0.05) is 23.2 Å². The van der Waals surface area contributed by atoms with Gasteiger partial charge in [-0.1, -0.05) is 6.92 Å². The van der Waals surface area contributed by atoms with E-state index in [4.69, 9.17) is 10.2 Å². The standard InChI is InChI=1S/C15H19N3O/c1-3-4-12-7-13-14(19-12)6-5-11-8-17-18(15(11)13)9-10(2)16/h5-8,10H,3-4,9,16H2,1-2H3. The molecule has 3 aromatic rings. The summed E-state index contributed by atoms with van der Waals surface area (Å²) in [6.07, 6.45) is 3.95. The fourth-order valence-electron chi connectivity index (χ4n) is 2.53. The molecule has 1 unspecified atom stereocenters. The molecule has 0 aliphatic carbocycles. The number of rotatable bonds is 4. The highest BCUT2D eigenvalue weighted by Crippen LogP contribution is 2.28. The van der Waals surface area contributed by atoms with Gasteiger partial charge in [0.25, 0.3) is 0 Å². The number of hydrogen-bond donors (Lipinski definition) is 1. The summed E-state index contributed by atoms with van der Waals surface area (Å²) in [5.41, 5.74) is 7.95. The molecule has 3 rings (SSSR count). The molecular formula is C15H19N3O. The van der Waals surface area contributed by atoms with Gasteiger partial charge in [-0.25, -0.2) is 0 Å². The maximum Gasteiger partial charge on any atom is 0.136 e. The maximum absolute atomic E-state index is 5.89. The Hall–Kier alpha value is -1.81. The number of aromatic nitrogens is 2. The van der Waals surface area contributed by atoms with Gasteiger partial charge in [-0.05, 0) is 31.5 Å². The van der Waals surface area contributed by atoms with E-state index < -0.39 is 0 Å². The Balaban J connectivity index is 2.21. The van der Waals surface area contributed by atoms with Crippen LogP contribution < -0.4 is 5.73 Å². The molecule has 100 valence electrons. The Kier molecular flexibility index (Phi) is 3.03. The number of fused-ring (bicyclic) bond motifs is 3. The minimum atomic E-state index is 0.0837. The van der Waals surface area contributed by atoms with E-state index in [1.165, 1.54) is 0 Å². The van der Waals surface area contributed by atoms with Crippen LogP contribution in [0.5, 0.6) is 0 Å². The topological polar surface area (TPSA) is 57.0 Å². The first-order chi connectivity index (χ1) is 9.19. The Bertz CT molecular complexity index is 709. The lowest BCUT2D eigenvalue weighted by molar-refractivity contribution is 0.544. The van der Waals surface area contributed by atoms with Crippen molar-refractivity contribution >= 4 is 21.9 Å². The molecule has 2 heterocycles. The SMILES string of the molecule is CCCc1cc2c(ccc3cnn(CC(C)N)c32)o1. The molecular weight excluding hydrogens is 238 g/mol. The summed E-state index contributed by atoms with van der Waals surface area (Å²) in [6, 6.07) is 6.30. The lowest BCUT2D eigenvalue weighted by atomic mass is 10.1. The molecule has 2 N–H and O–H groups in total. The van der Waals surface area contributed by atoms with Gasteiger partial charge >= 0.3 is 0 Å². The second kappa shape index (κ2) is 4.70. The fourth-order valence-corrected chi connectivity index (χ4v) is 2.53. The molecule has 1 atom stereocenters. The summed E-state index contributed by atoms with van der Waals surface area (Å²) < 4.78 is 7.85. The maximum atomic E-state index is 5.89. The minimum absolute atomic E-state index is 0.0837. The van der Waals surface area contributed by atoms with E-state index in [0.29, 0.717) is 0 Å². The fraction of sp³-hybridized carbons (Fsp3) is 0.400. The minimum Gasteiger partial charge on any atom is -0.461 e. The van der Waals surface area contributed by atoms with E-state index in [1.807, 2.05) is 23.9 Å². The lowest BCUT2D eigenvalue weighted by Gasteiger charge is -2.06. The first kappa shape index (κ1) is 12.2. The van der Waals surface area contributed by atoms with Crippen LogP contribution in [0.1, 0.15) is 26.0 Å². The van der Waals surface area contributed by atoms with Crippen LogP contribution in [0.4, 0.5) is 0 Å². The quantitative estimate of drug-likeness (QED) is 0.781. The summed E-state index contributed by atoms with van der Waals surface area (Å²) >= 11 is 0. The Morgan fingerprint density at radius 1 is 1.42 bits per heavy atom. The van der Waals surface area contributed by atoms with Gasteiger partial charge in [0.2, 0.25) is 0 Å². The van der Waals surface area contributed by atoms with E-state index >= 15 is 0 Å². The van der Waals surface area contributed by atoms with Crippen LogP contribution in [0.3, 0.4) is 0 Å². The molecule has 0 radical (unpaired) electrons. The summed E-state index contributed by atoms with van der Waals surface area (Å²) in [5.74, 6) is 1.04. The van der Waals surface area contributed by atoms with Crippen molar-refractivity contribution in [1.82, 2.24) is 9.78 Å². The first-order valence-electron chi connectivity index (χ1n) is 6.81. The van der Waals surface area contributed by atoms with E-state index in [2.05, 4.69) is 24.2 Å². The van der Waals surface area contributed by atoms with E-state index in [-0.39, 0.29) is 6.04 Å². The van der Waals surface area contributed by atoms with Crippen molar-refractivity contribution in [2.24, 2.45) is 5.73 Å². The van der Waals surface area contributed by atoms with Crippen LogP contribution in [0, 0.1) is 0 Å². The van der Waals surface area contributed by atoms with Gasteiger partial charge in [0.15, 0.2) is 0 Å². The van der Waals surface area contributed by atoms with Crippen LogP contribution in [0.25, 0.3) is 21.9 Å². The van der Waals surface area contributed by atoms with Crippen LogP contribution >= 0.6 is 0 Å². The second-order valence-corrected chi connectivity index (χ2v) is 5.18. The lowest BCUT2D eigenvalue weighted by Crippen LogP contribution is -2.22. The normalized spacial score (nSPS) is 13.4. The van der Waals surface area contributed by atoms with Crippen molar-refractivity contribution in [3.8, 4) is 0 Å². The molecule has 0 fully saturated rings. The number of furan rings is 1. The summed E-state index contributed by atoms with van der Waals surface area (Å²) in [6.45, 7) is 4.87. The molecule has 0 saturated heterocycles. The van der Waals surface area contributed by atoms with E-state index in [1.54, 1.807) is 0 Å². The average Bonchev–Trinajstić information content (AvgIpc) is 2.92. The molecule has 4 nitrogen and oxygen atoms in total. The van der Waals surface area contributed by atoms with Crippen molar-refractivity contribution < 1.29 is 4.42 Å². The summed E-state index contributed by atoms with van der Waals surface area (Å²) in [7, 11) is 0. The third-order valence-electron chi connectivity index (χ3n) is 3.31. The van der Waals surface area contributed by atoms with Crippen molar-refractivity contribution in [1.29, 1.82) is 0 Å². The molecule has 2 aromatic heterocycles. The highest BCUT2D eigenvalue weighted by Gasteiger charge is 2.12. The smallest absolute Gasteiger partial charge is 0.136 e. The highest BCUT2D eigenvalue weighted by molar-refractivity contribution is 6.03. The Morgan fingerprint density at radius 3 is 3.00 bits per heavy atom. The number of hydrogen-bond acceptors (Lipinski definition) is 3. The average molecular weight is 257 g/mol. The largest absolute Gasteiger partial charge is 0.461 e. The molecule has 4 heteroatoms. The van der Waals surface area contributed by atoms with Gasteiger partial charge in [0.05, 0.1) is 18.3 Å². The van der Waals surface area contributed by atoms with Crippen LogP contribution in [-0.4, -0.2) is 15.8 Å². The van der Waals surface area contributed by atoms with E-state index in [9.17, 15) is 0 Å². The summed E-state index contributed by atoms with van der Waals surface area (Å²) in [4.78, 5) is 0. The van der Waals surface area contributed by atoms with Gasteiger partial charge in [-0.2, -0.15) is 5.10 Å². The third kappa shape index (κ3) is 2.12. The molecule has 19 heavy (non-hydrogen) atoms. The van der Waals surface area contributed by atoms with Crippen LogP contribution in [0.15, 0.2) is 28.8 Å². The predicted molar refractivity (Wildman–Crippen MR) is 77.1 cm³/mol. The third-order valence-corrected chi connectivity index (χ3v) is 3.31. The number of benzene rings is 1. The van der Waals surface area contributed by atoms with Crippen LogP contribution in [0.2, 0.25) is 0 Å². The summed E-state index contributed by atoms with van der Waals surface area (Å²) in [5, 5.41) is 6.71. The van der Waals surface area contributed by atoms with Crippen molar-refractivity contribution in [3.05, 3.63) is 30.2 Å². The molecule has 0 aliphatic rings. The molecule has 0 aliphatic heterocycles. The zero-order valence-corrected chi connectivity index (χ0v) is 11.4. The zero-order chi connectivity index (χ0) is 13.4. The van der Waals surface area contributed by atoms with Crippen LogP contribution in [-0.2, 0) is 13.0 Å². The number of aryl methyl sites for hydroxylation is 1. The monoisotopic (exact) mass is 257 g/mol. The Labute approximate surface area is 112 Å². The highest BCUT2D eigenvalue weighted by atomic mass is 16.3. The van der Waals surface area contributed by atoms with Gasteiger partial charge < -0.3 is 10.2 Å². The zero-order valence-electron chi connectivity index (χ0n) is 11.4. The van der Waals surface area contributed by atoms with Gasteiger partial charge in [0.1, 0.15) is 11.3 Å². The number of nitrogens with two attached hydrogens (primary N) is 1. The predicted octanol–water partition coefficient (Wildman–Crippen LogP) is 3.08. The molecule has 0 saturated carbocycles. The molecule has 0 amide bonds. The first-order valence-corrected chi connectivity index (χ1v) is 6.81. The van der Waals surface area contributed by atoms with Crippen molar-refractivity contribution in [3.63, 3.8) is 0 Å². The van der Waals surface area contributed by atoms with Crippen molar-refractivity contribution in [2.75, 3.05) is 0 Å². The Morgan fingerprint density at radius 2 is 2.26 bits per heavy atom. The van der Waals surface area contributed by atoms with E-state index in [0.717, 1.165) is 47.0 Å².